The van der Waals surface area contributed by atoms with Gasteiger partial charge in [0, 0.05) is 5.75 Å². The van der Waals surface area contributed by atoms with Gasteiger partial charge in [-0.1, -0.05) is 12.1 Å². The molecular formula is C13H15NO3S. The number of benzene rings is 1. The van der Waals surface area contributed by atoms with Crippen molar-refractivity contribution >= 4 is 23.4 Å². The smallest absolute Gasteiger partial charge is 0.265 e. The normalized spacial score (nSPS) is 15.0. The molecule has 0 unspecified atom stereocenters. The molecule has 1 aliphatic rings. The van der Waals surface area contributed by atoms with Crippen molar-refractivity contribution < 1.29 is 14.3 Å². The van der Waals surface area contributed by atoms with Crippen LogP contribution in [0.4, 0.5) is 5.69 Å². The van der Waals surface area contributed by atoms with Crippen molar-refractivity contribution in [3.05, 3.63) is 34.9 Å². The van der Waals surface area contributed by atoms with Gasteiger partial charge in [-0.15, -0.1) is 11.8 Å². The Morgan fingerprint density at radius 1 is 1.44 bits per heavy atom. The number of hydrogen-bond donors (Lipinski definition) is 1. The molecule has 1 heterocycles. The maximum absolute atomic E-state index is 12.1. The lowest BCUT2D eigenvalue weighted by Gasteiger charge is -2.18. The van der Waals surface area contributed by atoms with Crippen LogP contribution < -0.4 is 10.1 Å². The molecule has 0 atom stereocenters. The van der Waals surface area contributed by atoms with Crippen molar-refractivity contribution in [1.82, 2.24) is 0 Å². The Morgan fingerprint density at radius 2 is 2.22 bits per heavy atom. The molecule has 5 heteroatoms. The van der Waals surface area contributed by atoms with Gasteiger partial charge in [-0.2, -0.15) is 0 Å². The third kappa shape index (κ3) is 2.79. The molecule has 0 aliphatic carbocycles. The van der Waals surface area contributed by atoms with Gasteiger partial charge < -0.3 is 14.8 Å². The number of ether oxygens (including phenoxy) is 2. The van der Waals surface area contributed by atoms with Crippen LogP contribution in [0.2, 0.25) is 0 Å². The van der Waals surface area contributed by atoms with E-state index in [9.17, 15) is 4.79 Å². The summed E-state index contributed by atoms with van der Waals surface area (Å²) in [5, 5.41) is 2.84. The van der Waals surface area contributed by atoms with E-state index in [1.165, 1.54) is 11.8 Å². The van der Waals surface area contributed by atoms with Crippen LogP contribution in [-0.4, -0.2) is 25.4 Å². The second-order valence-electron chi connectivity index (χ2n) is 3.74. The van der Waals surface area contributed by atoms with E-state index in [1.807, 2.05) is 19.1 Å². The summed E-state index contributed by atoms with van der Waals surface area (Å²) >= 11 is 1.51. The summed E-state index contributed by atoms with van der Waals surface area (Å²) in [5.41, 5.74) is 0.663. The van der Waals surface area contributed by atoms with Gasteiger partial charge >= 0.3 is 0 Å². The van der Waals surface area contributed by atoms with Crippen LogP contribution in [0.15, 0.2) is 34.9 Å². The number of carbonyl (C=O) groups is 1. The Bertz CT molecular complexity index is 485. The first-order valence-corrected chi connectivity index (χ1v) is 6.62. The number of methoxy groups -OCH3 is 1. The molecule has 0 bridgehead atoms. The standard InChI is InChI=1S/C13H15NO3S/c1-9-12(18-8-7-17-9)13(15)14-10-5-3-4-6-11(10)16-2/h3-6H,7-8H2,1-2H3,(H,14,15). The Balaban J connectivity index is 2.16. The van der Waals surface area contributed by atoms with Gasteiger partial charge in [0.25, 0.3) is 5.91 Å². The third-order valence-corrected chi connectivity index (χ3v) is 3.66. The summed E-state index contributed by atoms with van der Waals surface area (Å²) in [7, 11) is 1.58. The minimum atomic E-state index is -0.151. The molecule has 1 N–H and O–H groups in total. The molecule has 18 heavy (non-hydrogen) atoms. The number of hydrogen-bond acceptors (Lipinski definition) is 4. The monoisotopic (exact) mass is 265 g/mol. The van der Waals surface area contributed by atoms with Crippen molar-refractivity contribution in [2.75, 3.05) is 24.8 Å². The van der Waals surface area contributed by atoms with Crippen LogP contribution in [0, 0.1) is 0 Å². The van der Waals surface area contributed by atoms with E-state index in [2.05, 4.69) is 5.32 Å². The molecule has 2 rings (SSSR count). The van der Waals surface area contributed by atoms with Gasteiger partial charge in [-0.3, -0.25) is 4.79 Å². The van der Waals surface area contributed by atoms with Crippen LogP contribution in [0.5, 0.6) is 5.75 Å². The van der Waals surface area contributed by atoms with E-state index in [0.29, 0.717) is 28.7 Å². The van der Waals surface area contributed by atoms with E-state index in [-0.39, 0.29) is 5.91 Å². The van der Waals surface area contributed by atoms with E-state index in [1.54, 1.807) is 19.2 Å². The van der Waals surface area contributed by atoms with Gasteiger partial charge in [-0.05, 0) is 19.1 Å². The van der Waals surface area contributed by atoms with Crippen molar-refractivity contribution in [2.45, 2.75) is 6.92 Å². The number of anilines is 1. The maximum Gasteiger partial charge on any atom is 0.265 e. The highest BCUT2D eigenvalue weighted by Gasteiger charge is 2.19. The Hall–Kier alpha value is -1.62. The third-order valence-electron chi connectivity index (χ3n) is 2.53. The van der Waals surface area contributed by atoms with Gasteiger partial charge in [0.1, 0.15) is 16.4 Å². The predicted octanol–water partition coefficient (Wildman–Crippen LogP) is 2.63. The van der Waals surface area contributed by atoms with Gasteiger partial charge in [0.15, 0.2) is 0 Å². The van der Waals surface area contributed by atoms with E-state index in [0.717, 1.165) is 5.75 Å². The molecule has 0 aromatic heterocycles. The minimum absolute atomic E-state index is 0.151. The topological polar surface area (TPSA) is 47.6 Å². The number of allylic oxidation sites excluding steroid dienone is 1. The minimum Gasteiger partial charge on any atom is -0.496 e. The number of rotatable bonds is 3. The fourth-order valence-electron chi connectivity index (χ4n) is 1.66. The fourth-order valence-corrected chi connectivity index (χ4v) is 2.47. The second kappa shape index (κ2) is 5.82. The van der Waals surface area contributed by atoms with Crippen molar-refractivity contribution in [2.24, 2.45) is 0 Å². The average Bonchev–Trinajstić information content (AvgIpc) is 2.39. The number of carbonyl (C=O) groups excluding carboxylic acids is 1. The number of nitrogens with one attached hydrogen (secondary N) is 1. The molecule has 96 valence electrons. The largest absolute Gasteiger partial charge is 0.496 e. The summed E-state index contributed by atoms with van der Waals surface area (Å²) in [6, 6.07) is 7.32. The quantitative estimate of drug-likeness (QED) is 0.912. The summed E-state index contributed by atoms with van der Waals surface area (Å²) < 4.78 is 10.6. The molecular weight excluding hydrogens is 250 g/mol. The molecule has 1 amide bonds. The molecule has 0 radical (unpaired) electrons. The molecule has 0 fully saturated rings. The molecule has 0 spiro atoms. The first-order chi connectivity index (χ1) is 8.72. The first-order valence-electron chi connectivity index (χ1n) is 5.63. The zero-order valence-electron chi connectivity index (χ0n) is 10.4. The van der Waals surface area contributed by atoms with Crippen molar-refractivity contribution in [1.29, 1.82) is 0 Å². The van der Waals surface area contributed by atoms with Crippen LogP contribution in [0.1, 0.15) is 6.92 Å². The van der Waals surface area contributed by atoms with Crippen LogP contribution in [-0.2, 0) is 9.53 Å². The number of amides is 1. The van der Waals surface area contributed by atoms with E-state index in [4.69, 9.17) is 9.47 Å². The predicted molar refractivity (Wildman–Crippen MR) is 72.7 cm³/mol. The zero-order valence-corrected chi connectivity index (χ0v) is 11.2. The van der Waals surface area contributed by atoms with Crippen molar-refractivity contribution in [3.63, 3.8) is 0 Å². The van der Waals surface area contributed by atoms with Crippen LogP contribution in [0.3, 0.4) is 0 Å². The average molecular weight is 265 g/mol. The highest BCUT2D eigenvalue weighted by molar-refractivity contribution is 8.04. The molecule has 1 aliphatic heterocycles. The molecule has 4 nitrogen and oxygen atoms in total. The van der Waals surface area contributed by atoms with Gasteiger partial charge in [0.2, 0.25) is 0 Å². The lowest BCUT2D eigenvalue weighted by molar-refractivity contribution is -0.112. The highest BCUT2D eigenvalue weighted by Crippen LogP contribution is 2.29. The van der Waals surface area contributed by atoms with Gasteiger partial charge in [-0.25, -0.2) is 0 Å². The molecule has 0 saturated carbocycles. The molecule has 0 saturated heterocycles. The molecule has 1 aromatic rings. The summed E-state index contributed by atoms with van der Waals surface area (Å²) in [4.78, 5) is 12.8. The summed E-state index contributed by atoms with van der Waals surface area (Å²) in [6.07, 6.45) is 0. The second-order valence-corrected chi connectivity index (χ2v) is 4.84. The highest BCUT2D eigenvalue weighted by atomic mass is 32.2. The number of para-hydroxylation sites is 2. The maximum atomic E-state index is 12.1. The lowest BCUT2D eigenvalue weighted by atomic mass is 10.3. The first kappa shape index (κ1) is 12.8. The SMILES string of the molecule is COc1ccccc1NC(=O)C1=C(C)OCCS1. The summed E-state index contributed by atoms with van der Waals surface area (Å²) in [5.74, 6) is 1.97. The fraction of sp³-hybridized carbons (Fsp3) is 0.308. The van der Waals surface area contributed by atoms with E-state index < -0.39 is 0 Å². The Kier molecular flexibility index (Phi) is 4.15. The summed E-state index contributed by atoms with van der Waals surface area (Å²) in [6.45, 7) is 2.46. The number of thioether (sulfide) groups is 1. The van der Waals surface area contributed by atoms with Crippen LogP contribution in [0.25, 0.3) is 0 Å². The van der Waals surface area contributed by atoms with E-state index >= 15 is 0 Å². The van der Waals surface area contributed by atoms with Crippen molar-refractivity contribution in [3.8, 4) is 5.75 Å². The Labute approximate surface area is 110 Å². The Morgan fingerprint density at radius 3 is 2.94 bits per heavy atom. The van der Waals surface area contributed by atoms with Crippen LogP contribution >= 0.6 is 11.8 Å². The lowest BCUT2D eigenvalue weighted by Crippen LogP contribution is -2.18. The zero-order chi connectivity index (χ0) is 13.0. The van der Waals surface area contributed by atoms with Gasteiger partial charge in [0.05, 0.1) is 19.4 Å². The molecule has 1 aromatic carbocycles.